The molecule has 0 bridgehead atoms. The van der Waals surface area contributed by atoms with Gasteiger partial charge in [-0.15, -0.1) is 0 Å². The predicted octanol–water partition coefficient (Wildman–Crippen LogP) is 2.83. The Hall–Kier alpha value is -4.18. The third-order valence-electron chi connectivity index (χ3n) is 4.71. The fourth-order valence-corrected chi connectivity index (χ4v) is 4.37. The molecule has 3 rings (SSSR count). The van der Waals surface area contributed by atoms with Crippen LogP contribution in [0.2, 0.25) is 0 Å². The molecule has 0 saturated heterocycles. The topological polar surface area (TPSA) is 114 Å². The number of rotatable bonds is 9. The van der Waals surface area contributed by atoms with Crippen molar-refractivity contribution in [2.45, 2.75) is 4.90 Å². The Morgan fingerprint density at radius 2 is 1.59 bits per heavy atom. The lowest BCUT2D eigenvalue weighted by atomic mass is 10.1. The second kappa shape index (κ2) is 11.1. The number of nitrogens with one attached hydrogen (secondary N) is 1. The third-order valence-corrected chi connectivity index (χ3v) is 6.50. The van der Waals surface area contributed by atoms with Crippen molar-refractivity contribution in [2.24, 2.45) is 5.10 Å². The molecule has 0 heterocycles. The maximum Gasteiger partial charge on any atom is 0.337 e. The van der Waals surface area contributed by atoms with E-state index in [9.17, 15) is 18.0 Å². The summed E-state index contributed by atoms with van der Waals surface area (Å²) in [6, 6.07) is 20.6. The summed E-state index contributed by atoms with van der Waals surface area (Å²) in [5.41, 5.74) is 3.67. The summed E-state index contributed by atoms with van der Waals surface area (Å²) in [7, 11) is -1.27. The number of carbonyl (C=O) groups excluding carboxylic acids is 2. The molecule has 176 valence electrons. The second-order valence-corrected chi connectivity index (χ2v) is 8.79. The van der Waals surface area contributed by atoms with Crippen molar-refractivity contribution in [3.05, 3.63) is 90.0 Å². The van der Waals surface area contributed by atoms with Gasteiger partial charge in [0.15, 0.2) is 0 Å². The molecule has 0 aliphatic carbocycles. The summed E-state index contributed by atoms with van der Waals surface area (Å²) in [5, 5.41) is 3.88. The van der Waals surface area contributed by atoms with Gasteiger partial charge in [-0.1, -0.05) is 30.3 Å². The molecule has 0 unspecified atom stereocenters. The highest BCUT2D eigenvalue weighted by atomic mass is 32.2. The third kappa shape index (κ3) is 5.99. The molecule has 0 aromatic heterocycles. The molecule has 0 fully saturated rings. The molecule has 0 radical (unpaired) electrons. The van der Waals surface area contributed by atoms with Gasteiger partial charge in [-0.3, -0.25) is 9.10 Å². The number of hydrogen-bond donors (Lipinski definition) is 1. The fraction of sp³-hybridized carbons (Fsp3) is 0.125. The van der Waals surface area contributed by atoms with Gasteiger partial charge in [-0.05, 0) is 54.1 Å². The van der Waals surface area contributed by atoms with E-state index in [-0.39, 0.29) is 4.90 Å². The molecule has 1 N–H and O–H groups in total. The number of methoxy groups -OCH3 is 2. The Balaban J connectivity index is 1.75. The van der Waals surface area contributed by atoms with Crippen LogP contribution >= 0.6 is 0 Å². The van der Waals surface area contributed by atoms with E-state index in [0.29, 0.717) is 22.6 Å². The maximum absolute atomic E-state index is 13.3. The van der Waals surface area contributed by atoms with Gasteiger partial charge in [0, 0.05) is 0 Å². The summed E-state index contributed by atoms with van der Waals surface area (Å²) in [4.78, 5) is 24.1. The van der Waals surface area contributed by atoms with E-state index in [1.165, 1.54) is 44.7 Å². The number of nitrogens with zero attached hydrogens (tertiary/aromatic N) is 2. The molecule has 9 nitrogen and oxygen atoms in total. The van der Waals surface area contributed by atoms with Crippen LogP contribution in [0.4, 0.5) is 5.69 Å². The smallest absolute Gasteiger partial charge is 0.337 e. The summed E-state index contributed by atoms with van der Waals surface area (Å²) in [6.45, 7) is -0.489. The van der Waals surface area contributed by atoms with Gasteiger partial charge < -0.3 is 9.47 Å². The van der Waals surface area contributed by atoms with Crippen LogP contribution in [-0.4, -0.2) is 47.3 Å². The van der Waals surface area contributed by atoms with Crippen molar-refractivity contribution in [3.63, 3.8) is 0 Å². The lowest BCUT2D eigenvalue weighted by Gasteiger charge is -2.23. The van der Waals surface area contributed by atoms with Crippen molar-refractivity contribution in [1.82, 2.24) is 5.43 Å². The molecular formula is C24H23N3O6S. The number of anilines is 1. The number of para-hydroxylation sites is 1. The highest BCUT2D eigenvalue weighted by Crippen LogP contribution is 2.24. The zero-order valence-electron chi connectivity index (χ0n) is 18.5. The lowest BCUT2D eigenvalue weighted by Crippen LogP contribution is -2.39. The van der Waals surface area contributed by atoms with Gasteiger partial charge in [0.1, 0.15) is 12.3 Å². The quantitative estimate of drug-likeness (QED) is 0.286. The minimum atomic E-state index is -4.05. The van der Waals surface area contributed by atoms with Gasteiger partial charge in [-0.2, -0.15) is 5.10 Å². The number of carbonyl (C=O) groups is 2. The van der Waals surface area contributed by atoms with Gasteiger partial charge >= 0.3 is 5.97 Å². The van der Waals surface area contributed by atoms with Crippen molar-refractivity contribution >= 4 is 33.8 Å². The van der Waals surface area contributed by atoms with Crippen LogP contribution in [0.15, 0.2) is 88.9 Å². The Bertz CT molecular complexity index is 1260. The van der Waals surface area contributed by atoms with E-state index in [1.54, 1.807) is 54.6 Å². The molecule has 34 heavy (non-hydrogen) atoms. The first-order valence-electron chi connectivity index (χ1n) is 10.1. The van der Waals surface area contributed by atoms with Crippen LogP contribution in [0.5, 0.6) is 5.75 Å². The van der Waals surface area contributed by atoms with Gasteiger partial charge in [0.25, 0.3) is 15.9 Å². The summed E-state index contributed by atoms with van der Waals surface area (Å²) in [5.74, 6) is -0.587. The highest BCUT2D eigenvalue weighted by Gasteiger charge is 2.27. The van der Waals surface area contributed by atoms with Crippen LogP contribution in [-0.2, 0) is 19.6 Å². The van der Waals surface area contributed by atoms with E-state index in [4.69, 9.17) is 4.74 Å². The molecule has 0 aliphatic heterocycles. The van der Waals surface area contributed by atoms with Gasteiger partial charge in [0.2, 0.25) is 0 Å². The van der Waals surface area contributed by atoms with Crippen LogP contribution < -0.4 is 14.5 Å². The first-order valence-corrected chi connectivity index (χ1v) is 11.5. The SMILES string of the molecule is COC(=O)c1ccc(/C=N\NC(=O)CN(c2ccccc2)S(=O)(=O)c2ccc(OC)cc2)cc1. The maximum atomic E-state index is 13.3. The summed E-state index contributed by atoms with van der Waals surface area (Å²) >= 11 is 0. The number of hydrazone groups is 1. The molecule has 3 aromatic carbocycles. The Morgan fingerprint density at radius 3 is 2.18 bits per heavy atom. The average Bonchev–Trinajstić information content (AvgIpc) is 2.87. The Labute approximate surface area is 197 Å². The standard InChI is InChI=1S/C24H23N3O6S/c1-32-21-12-14-22(15-13-21)34(30,31)27(20-6-4-3-5-7-20)17-23(28)26-25-16-18-8-10-19(11-9-18)24(29)33-2/h3-16H,17H2,1-2H3,(H,26,28)/b25-16-. The molecule has 3 aromatic rings. The lowest BCUT2D eigenvalue weighted by molar-refractivity contribution is -0.119. The molecule has 10 heteroatoms. The normalized spacial score (nSPS) is 11.1. The highest BCUT2D eigenvalue weighted by molar-refractivity contribution is 7.92. The Morgan fingerprint density at radius 1 is 0.941 bits per heavy atom. The van der Waals surface area contributed by atoms with Crippen molar-refractivity contribution < 1.29 is 27.5 Å². The first-order chi connectivity index (χ1) is 16.3. The predicted molar refractivity (Wildman–Crippen MR) is 127 cm³/mol. The number of hydrogen-bond acceptors (Lipinski definition) is 7. The molecule has 0 aliphatic rings. The van der Waals surface area contributed by atoms with E-state index >= 15 is 0 Å². The molecule has 0 saturated carbocycles. The van der Waals surface area contributed by atoms with E-state index in [2.05, 4.69) is 15.3 Å². The average molecular weight is 482 g/mol. The Kier molecular flexibility index (Phi) is 7.99. The van der Waals surface area contributed by atoms with E-state index in [1.807, 2.05) is 0 Å². The van der Waals surface area contributed by atoms with Crippen molar-refractivity contribution in [2.75, 3.05) is 25.1 Å². The largest absolute Gasteiger partial charge is 0.497 e. The van der Waals surface area contributed by atoms with Crippen molar-refractivity contribution in [3.8, 4) is 5.75 Å². The molecule has 0 atom stereocenters. The monoisotopic (exact) mass is 481 g/mol. The molecule has 0 spiro atoms. The number of sulfonamides is 1. The van der Waals surface area contributed by atoms with Crippen LogP contribution in [0.3, 0.4) is 0 Å². The summed E-state index contributed by atoms with van der Waals surface area (Å²) in [6.07, 6.45) is 1.38. The summed E-state index contributed by atoms with van der Waals surface area (Å²) < 4.78 is 37.3. The van der Waals surface area contributed by atoms with Crippen LogP contribution in [0.1, 0.15) is 15.9 Å². The number of amides is 1. The molecule has 1 amide bonds. The van der Waals surface area contributed by atoms with E-state index < -0.39 is 28.4 Å². The van der Waals surface area contributed by atoms with E-state index in [0.717, 1.165) is 4.31 Å². The minimum absolute atomic E-state index is 0.0131. The van der Waals surface area contributed by atoms with Gasteiger partial charge in [0.05, 0.1) is 36.6 Å². The minimum Gasteiger partial charge on any atom is -0.497 e. The number of benzene rings is 3. The van der Waals surface area contributed by atoms with Crippen molar-refractivity contribution in [1.29, 1.82) is 0 Å². The zero-order valence-corrected chi connectivity index (χ0v) is 19.4. The molecular weight excluding hydrogens is 458 g/mol. The zero-order chi connectivity index (χ0) is 24.6. The first kappa shape index (κ1) is 24.5. The fourth-order valence-electron chi connectivity index (χ4n) is 2.95. The van der Waals surface area contributed by atoms with Gasteiger partial charge in [-0.25, -0.2) is 18.6 Å². The number of esters is 1. The number of ether oxygens (including phenoxy) is 2. The van der Waals surface area contributed by atoms with Crippen LogP contribution in [0, 0.1) is 0 Å². The second-order valence-electron chi connectivity index (χ2n) is 6.93. The van der Waals surface area contributed by atoms with Crippen LogP contribution in [0.25, 0.3) is 0 Å².